The Morgan fingerprint density at radius 3 is 1.41 bits per heavy atom. The van der Waals surface area contributed by atoms with Crippen molar-refractivity contribution >= 4 is 11.4 Å². The number of hydrogen-bond acceptors (Lipinski definition) is 3. The van der Waals surface area contributed by atoms with E-state index < -0.39 is 0 Å². The number of pyridine rings is 1. The van der Waals surface area contributed by atoms with Gasteiger partial charge in [0.1, 0.15) is 0 Å². The Kier molecular flexibility index (Phi) is 16.9. The minimum absolute atomic E-state index is 0. The molecule has 7 heteroatoms. The van der Waals surface area contributed by atoms with Crippen LogP contribution < -0.4 is 37.2 Å². The van der Waals surface area contributed by atoms with Crippen molar-refractivity contribution in [3.05, 3.63) is 29.1 Å². The predicted octanol–water partition coefficient (Wildman–Crippen LogP) is -3.32. The fourth-order valence-corrected chi connectivity index (χ4v) is 4.14. The molecule has 0 aromatic carbocycles. The molecule has 2 saturated carbocycles. The molecule has 0 aliphatic heterocycles. The summed E-state index contributed by atoms with van der Waals surface area (Å²) in [7, 11) is 0. The molecule has 0 saturated heterocycles. The second kappa shape index (κ2) is 15.7. The summed E-state index contributed by atoms with van der Waals surface area (Å²) < 4.78 is 0. The zero-order chi connectivity index (χ0) is 17.6. The van der Waals surface area contributed by atoms with Gasteiger partial charge in [0.25, 0.3) is 0 Å². The molecule has 1 heterocycles. The van der Waals surface area contributed by atoms with Gasteiger partial charge in [-0.05, 0) is 64.2 Å². The van der Waals surface area contributed by atoms with Crippen molar-refractivity contribution in [2.45, 2.75) is 97.1 Å². The summed E-state index contributed by atoms with van der Waals surface area (Å²) in [6.45, 7) is 6.39. The van der Waals surface area contributed by atoms with Crippen LogP contribution in [0.3, 0.4) is 0 Å². The molecule has 29 heavy (non-hydrogen) atoms. The van der Waals surface area contributed by atoms with Gasteiger partial charge in [0.15, 0.2) is 0 Å². The number of aromatic nitrogens is 1. The Hall–Kier alpha value is -0.0556. The molecule has 0 spiro atoms. The van der Waals surface area contributed by atoms with E-state index in [0.29, 0.717) is 12.1 Å². The zero-order valence-corrected chi connectivity index (χ0v) is 21.5. The third-order valence-corrected chi connectivity index (χ3v) is 5.61. The Bertz CT molecular complexity index is 600. The second-order valence-electron chi connectivity index (χ2n) is 7.93. The van der Waals surface area contributed by atoms with Crippen LogP contribution in [0, 0.1) is 6.92 Å². The van der Waals surface area contributed by atoms with E-state index in [4.69, 9.17) is 15.0 Å². The summed E-state index contributed by atoms with van der Waals surface area (Å²) in [4.78, 5) is 14.9. The fourth-order valence-electron chi connectivity index (χ4n) is 4.14. The van der Waals surface area contributed by atoms with Gasteiger partial charge < -0.3 is 37.2 Å². The number of nitrogens with zero attached hydrogens (tertiary/aromatic N) is 3. The van der Waals surface area contributed by atoms with Gasteiger partial charge in [-0.1, -0.05) is 38.5 Å². The molecule has 2 fully saturated rings. The van der Waals surface area contributed by atoms with Gasteiger partial charge in [0.2, 0.25) is 0 Å². The van der Waals surface area contributed by atoms with E-state index >= 15 is 0 Å². The normalized spacial score (nSPS) is 18.6. The molecular weight excluding hydrogens is 464 g/mol. The van der Waals surface area contributed by atoms with E-state index in [0.717, 1.165) is 22.8 Å². The number of aryl methyl sites for hydroxylation is 1. The minimum atomic E-state index is 0. The first-order chi connectivity index (χ1) is 12.1. The fraction of sp³-hybridized carbons (Fsp3) is 0.682. The zero-order valence-electron chi connectivity index (χ0n) is 17.8. The molecule has 0 bridgehead atoms. The SMILES string of the molecule is CC(=NC1CCCCC1)c1cc(C)cc(C(C)=NC2CCCCC2)n1.[Cl-].[Cl-].[Cl-].[V]. The summed E-state index contributed by atoms with van der Waals surface area (Å²) in [6.07, 6.45) is 13.0. The quantitative estimate of drug-likeness (QED) is 0.402. The average Bonchev–Trinajstić information content (AvgIpc) is 2.63. The first-order valence-electron chi connectivity index (χ1n) is 10.2. The van der Waals surface area contributed by atoms with Crippen molar-refractivity contribution < 1.29 is 55.8 Å². The van der Waals surface area contributed by atoms with Crippen LogP contribution in [0.2, 0.25) is 0 Å². The van der Waals surface area contributed by atoms with E-state index in [1.807, 2.05) is 0 Å². The van der Waals surface area contributed by atoms with Gasteiger partial charge >= 0.3 is 0 Å². The molecule has 1 aromatic rings. The topological polar surface area (TPSA) is 37.6 Å². The van der Waals surface area contributed by atoms with E-state index in [1.165, 1.54) is 69.8 Å². The molecule has 0 unspecified atom stereocenters. The largest absolute Gasteiger partial charge is 1.00 e. The molecule has 1 radical (unpaired) electrons. The minimum Gasteiger partial charge on any atom is -1.00 e. The van der Waals surface area contributed by atoms with E-state index in [1.54, 1.807) is 0 Å². The first-order valence-corrected chi connectivity index (χ1v) is 10.2. The maximum Gasteiger partial charge on any atom is 0.0847 e. The van der Waals surface area contributed by atoms with Crippen LogP contribution in [0.1, 0.15) is 95.0 Å². The van der Waals surface area contributed by atoms with Crippen molar-refractivity contribution in [1.29, 1.82) is 0 Å². The van der Waals surface area contributed by atoms with Crippen molar-refractivity contribution in [2.75, 3.05) is 0 Å². The van der Waals surface area contributed by atoms with Crippen molar-refractivity contribution in [3.8, 4) is 0 Å². The van der Waals surface area contributed by atoms with Gasteiger partial charge in [0.05, 0.1) is 34.9 Å². The van der Waals surface area contributed by atoms with Gasteiger partial charge in [-0.3, -0.25) is 9.98 Å². The maximum atomic E-state index is 4.98. The molecule has 2 aliphatic carbocycles. The van der Waals surface area contributed by atoms with Gasteiger partial charge in [0, 0.05) is 18.6 Å². The summed E-state index contributed by atoms with van der Waals surface area (Å²) in [5.74, 6) is 0. The Labute approximate surface area is 207 Å². The molecule has 0 amide bonds. The van der Waals surface area contributed by atoms with E-state index in [9.17, 15) is 0 Å². The molecule has 3 rings (SSSR count). The first kappa shape index (κ1) is 31.1. The Balaban J connectivity index is 0. The van der Waals surface area contributed by atoms with Gasteiger partial charge in [-0.15, -0.1) is 0 Å². The molecule has 0 N–H and O–H groups in total. The summed E-state index contributed by atoms with van der Waals surface area (Å²) >= 11 is 0. The van der Waals surface area contributed by atoms with Crippen LogP contribution in [-0.4, -0.2) is 28.5 Å². The number of aliphatic imine (C=N–C) groups is 2. The summed E-state index contributed by atoms with van der Waals surface area (Å²) in [5.41, 5.74) is 5.47. The van der Waals surface area contributed by atoms with E-state index in [2.05, 4.69) is 32.9 Å². The number of hydrogen-bond donors (Lipinski definition) is 0. The standard InChI is InChI=1S/C22H33N3.3ClH.V/c1-16-14-21(17(2)23-19-10-6-4-7-11-19)25-22(15-16)18(3)24-20-12-8-5-9-13-20;;;;/h14-15,19-20H,4-13H2,1-3H3;3*1H;/p-3. The monoisotopic (exact) mass is 495 g/mol. The van der Waals surface area contributed by atoms with Gasteiger partial charge in [-0.2, -0.15) is 0 Å². The molecular formula is C22H33Cl3N3V-3. The number of halogens is 3. The Morgan fingerprint density at radius 2 is 1.07 bits per heavy atom. The average molecular weight is 497 g/mol. The van der Waals surface area contributed by atoms with Crippen LogP contribution in [0.4, 0.5) is 0 Å². The van der Waals surface area contributed by atoms with Crippen LogP contribution in [-0.2, 0) is 18.6 Å². The van der Waals surface area contributed by atoms with Crippen molar-refractivity contribution in [2.24, 2.45) is 9.98 Å². The van der Waals surface area contributed by atoms with Crippen LogP contribution >= 0.6 is 0 Å². The van der Waals surface area contributed by atoms with Crippen LogP contribution in [0.5, 0.6) is 0 Å². The molecule has 1 aromatic heterocycles. The third-order valence-electron chi connectivity index (χ3n) is 5.61. The maximum absolute atomic E-state index is 4.98. The molecule has 165 valence electrons. The summed E-state index contributed by atoms with van der Waals surface area (Å²) in [5, 5.41) is 0. The Morgan fingerprint density at radius 1 is 0.724 bits per heavy atom. The van der Waals surface area contributed by atoms with Crippen molar-refractivity contribution in [3.63, 3.8) is 0 Å². The van der Waals surface area contributed by atoms with Gasteiger partial charge in [-0.25, -0.2) is 4.98 Å². The summed E-state index contributed by atoms with van der Waals surface area (Å²) in [6, 6.07) is 5.32. The molecule has 0 atom stereocenters. The van der Waals surface area contributed by atoms with Crippen LogP contribution in [0.15, 0.2) is 22.1 Å². The van der Waals surface area contributed by atoms with Crippen molar-refractivity contribution in [1.82, 2.24) is 4.98 Å². The number of rotatable bonds is 4. The molecule has 2 aliphatic rings. The predicted molar refractivity (Wildman–Crippen MR) is 107 cm³/mol. The van der Waals surface area contributed by atoms with Crippen LogP contribution in [0.25, 0.3) is 0 Å². The van der Waals surface area contributed by atoms with E-state index in [-0.39, 0.29) is 55.8 Å². The smallest absolute Gasteiger partial charge is 0.0847 e. The third kappa shape index (κ3) is 9.74. The second-order valence-corrected chi connectivity index (χ2v) is 7.93. The molecule has 3 nitrogen and oxygen atoms in total.